The van der Waals surface area contributed by atoms with Crippen LogP contribution in [0.1, 0.15) is 24.4 Å². The number of hydrogen-bond donors (Lipinski definition) is 1. The van der Waals surface area contributed by atoms with Gasteiger partial charge in [-0.1, -0.05) is 5.16 Å². The molecule has 0 saturated carbocycles. The van der Waals surface area contributed by atoms with Gasteiger partial charge in [0.25, 0.3) is 0 Å². The van der Waals surface area contributed by atoms with Crippen LogP contribution in [0, 0.1) is 6.92 Å². The number of hydrogen-bond acceptors (Lipinski definition) is 6. The zero-order chi connectivity index (χ0) is 16.2. The minimum Gasteiger partial charge on any atom is -0.459 e. The lowest BCUT2D eigenvalue weighted by Crippen LogP contribution is -2.24. The van der Waals surface area contributed by atoms with Crippen LogP contribution in [0.3, 0.4) is 0 Å². The molecule has 3 heterocycles. The number of nitrogens with two attached hydrogens (primary N) is 1. The third-order valence-electron chi connectivity index (χ3n) is 3.29. The van der Waals surface area contributed by atoms with Crippen LogP contribution in [0.15, 0.2) is 45.8 Å². The second-order valence-electron chi connectivity index (χ2n) is 5.03. The monoisotopic (exact) mass is 331 g/mol. The molecule has 3 aromatic rings. The largest absolute Gasteiger partial charge is 0.459 e. The van der Waals surface area contributed by atoms with E-state index in [1.165, 1.54) is 11.3 Å². The molecular weight excluding hydrogens is 314 g/mol. The van der Waals surface area contributed by atoms with E-state index in [9.17, 15) is 0 Å². The summed E-state index contributed by atoms with van der Waals surface area (Å²) >= 11 is 1.50. The van der Waals surface area contributed by atoms with Crippen molar-refractivity contribution in [2.24, 2.45) is 10.9 Å². The number of furan rings is 1. The van der Waals surface area contributed by atoms with Crippen molar-refractivity contribution in [1.29, 1.82) is 0 Å². The molecule has 0 fully saturated rings. The molecule has 1 atom stereocenters. The van der Waals surface area contributed by atoms with E-state index in [-0.39, 0.29) is 12.6 Å². The first-order chi connectivity index (χ1) is 11.1. The summed E-state index contributed by atoms with van der Waals surface area (Å²) in [4.78, 5) is 13.7. The Morgan fingerprint density at radius 2 is 2.39 bits per heavy atom. The van der Waals surface area contributed by atoms with Crippen molar-refractivity contribution >= 4 is 17.2 Å². The van der Waals surface area contributed by atoms with Gasteiger partial charge in [0, 0.05) is 17.8 Å². The highest BCUT2D eigenvalue weighted by Crippen LogP contribution is 2.25. The number of rotatable bonds is 6. The van der Waals surface area contributed by atoms with E-state index >= 15 is 0 Å². The van der Waals surface area contributed by atoms with Gasteiger partial charge in [0.05, 0.1) is 18.1 Å². The average Bonchev–Trinajstić information content (AvgIpc) is 3.27. The molecule has 8 heteroatoms. The van der Waals surface area contributed by atoms with Crippen LogP contribution in [-0.2, 0) is 11.4 Å². The van der Waals surface area contributed by atoms with Crippen molar-refractivity contribution in [2.75, 3.05) is 0 Å². The fourth-order valence-corrected chi connectivity index (χ4v) is 2.70. The summed E-state index contributed by atoms with van der Waals surface area (Å²) in [6, 6.07) is 3.70. The van der Waals surface area contributed by atoms with E-state index < -0.39 is 0 Å². The summed E-state index contributed by atoms with van der Waals surface area (Å²) in [5.41, 5.74) is 6.70. The number of aryl methyl sites for hydroxylation is 1. The Balaban J connectivity index is 1.58. The minimum absolute atomic E-state index is 0.116. The predicted octanol–water partition coefficient (Wildman–Crippen LogP) is 2.96. The molecule has 23 heavy (non-hydrogen) atoms. The van der Waals surface area contributed by atoms with Crippen molar-refractivity contribution < 1.29 is 9.25 Å². The number of nitrogens with zero attached hydrogens (tertiary/aromatic N) is 4. The van der Waals surface area contributed by atoms with Crippen molar-refractivity contribution in [2.45, 2.75) is 26.5 Å². The summed E-state index contributed by atoms with van der Waals surface area (Å²) in [6.07, 6.45) is 5.20. The molecule has 3 aromatic heterocycles. The summed E-state index contributed by atoms with van der Waals surface area (Å²) < 4.78 is 7.40. The summed E-state index contributed by atoms with van der Waals surface area (Å²) in [6.45, 7) is 4.08. The molecule has 0 amide bonds. The van der Waals surface area contributed by atoms with Crippen LogP contribution >= 0.6 is 11.3 Å². The molecule has 0 saturated heterocycles. The van der Waals surface area contributed by atoms with Gasteiger partial charge >= 0.3 is 0 Å². The zero-order valence-electron chi connectivity index (χ0n) is 12.8. The van der Waals surface area contributed by atoms with Gasteiger partial charge in [0.15, 0.2) is 23.2 Å². The highest BCUT2D eigenvalue weighted by Gasteiger charge is 2.10. The molecule has 0 bridgehead atoms. The lowest BCUT2D eigenvalue weighted by molar-refractivity contribution is 0.126. The maximum atomic E-state index is 5.92. The van der Waals surface area contributed by atoms with Crippen LogP contribution in [0.5, 0.6) is 0 Å². The topological polar surface area (TPSA) is 91.5 Å². The first-order valence-electron chi connectivity index (χ1n) is 7.07. The Morgan fingerprint density at radius 3 is 3.09 bits per heavy atom. The van der Waals surface area contributed by atoms with E-state index in [0.29, 0.717) is 5.84 Å². The van der Waals surface area contributed by atoms with Gasteiger partial charge < -0.3 is 19.6 Å². The quantitative estimate of drug-likeness (QED) is 0.426. The Morgan fingerprint density at radius 1 is 1.52 bits per heavy atom. The van der Waals surface area contributed by atoms with Gasteiger partial charge in [-0.3, -0.25) is 0 Å². The van der Waals surface area contributed by atoms with E-state index in [1.54, 1.807) is 12.5 Å². The Kier molecular flexibility index (Phi) is 4.42. The number of thiazole rings is 1. The van der Waals surface area contributed by atoms with Crippen LogP contribution in [0.2, 0.25) is 0 Å². The molecule has 120 valence electrons. The van der Waals surface area contributed by atoms with Gasteiger partial charge in [-0.15, -0.1) is 11.3 Å². The number of oxime groups is 1. The second-order valence-corrected chi connectivity index (χ2v) is 5.89. The maximum absolute atomic E-state index is 5.92. The number of aromatic nitrogens is 3. The SMILES string of the molecule is Cc1ccc(-c2nc(CO/N=C(\N)C(C)n3ccnc3)cs2)o1. The van der Waals surface area contributed by atoms with Gasteiger partial charge in [-0.2, -0.15) is 0 Å². The van der Waals surface area contributed by atoms with E-state index in [4.69, 9.17) is 15.0 Å². The molecule has 0 aliphatic carbocycles. The summed E-state index contributed by atoms with van der Waals surface area (Å²) in [5, 5.41) is 6.68. The highest BCUT2D eigenvalue weighted by molar-refractivity contribution is 7.13. The summed E-state index contributed by atoms with van der Waals surface area (Å²) in [5.74, 6) is 1.99. The smallest absolute Gasteiger partial charge is 0.162 e. The third-order valence-corrected chi connectivity index (χ3v) is 4.19. The Bertz CT molecular complexity index is 791. The molecule has 0 aliphatic rings. The molecule has 2 N–H and O–H groups in total. The third kappa shape index (κ3) is 3.59. The molecule has 0 aliphatic heterocycles. The van der Waals surface area contributed by atoms with E-state index in [1.807, 2.05) is 42.1 Å². The lowest BCUT2D eigenvalue weighted by atomic mass is 10.3. The highest BCUT2D eigenvalue weighted by atomic mass is 32.1. The number of amidine groups is 1. The average molecular weight is 331 g/mol. The Hall–Kier alpha value is -2.61. The van der Waals surface area contributed by atoms with Crippen molar-refractivity contribution in [3.05, 3.63) is 47.7 Å². The molecule has 0 radical (unpaired) electrons. The molecule has 0 aromatic carbocycles. The first kappa shape index (κ1) is 15.3. The summed E-state index contributed by atoms with van der Waals surface area (Å²) in [7, 11) is 0. The second kappa shape index (κ2) is 6.66. The van der Waals surface area contributed by atoms with Gasteiger partial charge in [-0.05, 0) is 26.0 Å². The fourth-order valence-electron chi connectivity index (χ4n) is 1.94. The van der Waals surface area contributed by atoms with Gasteiger partial charge in [0.1, 0.15) is 5.76 Å². The fraction of sp³-hybridized carbons (Fsp3) is 0.267. The normalized spacial score (nSPS) is 13.2. The molecule has 0 spiro atoms. The lowest BCUT2D eigenvalue weighted by Gasteiger charge is -2.11. The van der Waals surface area contributed by atoms with Crippen LogP contribution in [-0.4, -0.2) is 20.4 Å². The molecule has 3 rings (SSSR count). The molecular formula is C15H17N5O2S. The molecule has 7 nitrogen and oxygen atoms in total. The van der Waals surface area contributed by atoms with Crippen molar-refractivity contribution in [3.63, 3.8) is 0 Å². The van der Waals surface area contributed by atoms with Crippen LogP contribution in [0.4, 0.5) is 0 Å². The van der Waals surface area contributed by atoms with Gasteiger partial charge in [-0.25, -0.2) is 9.97 Å². The maximum Gasteiger partial charge on any atom is 0.162 e. The van der Waals surface area contributed by atoms with Crippen molar-refractivity contribution in [3.8, 4) is 10.8 Å². The molecule has 1 unspecified atom stereocenters. The van der Waals surface area contributed by atoms with Crippen LogP contribution < -0.4 is 5.73 Å². The number of imidazole rings is 1. The first-order valence-corrected chi connectivity index (χ1v) is 7.95. The standard InChI is InChI=1S/C15H17N5O2S/c1-10-3-4-13(22-10)15-18-12(8-23-15)7-21-19-14(16)11(2)20-6-5-17-9-20/h3-6,8-9,11H,7H2,1-2H3,(H2,16,19). The van der Waals surface area contributed by atoms with E-state index in [0.717, 1.165) is 22.2 Å². The van der Waals surface area contributed by atoms with E-state index in [2.05, 4.69) is 15.1 Å². The predicted molar refractivity (Wildman–Crippen MR) is 87.9 cm³/mol. The minimum atomic E-state index is -0.116. The van der Waals surface area contributed by atoms with Crippen molar-refractivity contribution in [1.82, 2.24) is 14.5 Å². The zero-order valence-corrected chi connectivity index (χ0v) is 13.7. The Labute approximate surface area is 137 Å². The van der Waals surface area contributed by atoms with Gasteiger partial charge in [0.2, 0.25) is 0 Å². The van der Waals surface area contributed by atoms with Crippen LogP contribution in [0.25, 0.3) is 10.8 Å².